The van der Waals surface area contributed by atoms with E-state index in [2.05, 4.69) is 0 Å². The summed E-state index contributed by atoms with van der Waals surface area (Å²) in [6.45, 7) is 0. The van der Waals surface area contributed by atoms with E-state index in [9.17, 15) is 0 Å². The van der Waals surface area contributed by atoms with Gasteiger partial charge in [-0.15, -0.1) is 0 Å². The molecular formula is H2Mg3O12P2S. The molecule has 0 bridgehead atoms. The van der Waals surface area contributed by atoms with Gasteiger partial charge in [-0.3, -0.25) is 9.11 Å². The predicted molar refractivity (Wildman–Crippen MR) is 46.7 cm³/mol. The van der Waals surface area contributed by atoms with Crippen molar-refractivity contribution in [1.29, 1.82) is 0 Å². The molecule has 0 saturated heterocycles. The van der Waals surface area contributed by atoms with Crippen LogP contribution >= 0.6 is 15.6 Å². The third-order valence-corrected chi connectivity index (χ3v) is 0. The normalized spacial score (nSPS) is 9.78. The maximum atomic E-state index is 8.74. The SMILES string of the molecule is O=P([O-])([O-])[O-].O=P([O-])([O-])[O-].O=S(=O)(O)O.[Mg+2].[Mg+2].[Mg+2]. The minimum Gasteiger partial charge on any atom is -0.822 e. The van der Waals surface area contributed by atoms with E-state index < -0.39 is 26.0 Å². The summed E-state index contributed by atoms with van der Waals surface area (Å²) in [4.78, 5) is 51.3. The Labute approximate surface area is 150 Å². The van der Waals surface area contributed by atoms with Crippen LogP contribution in [0.25, 0.3) is 0 Å². The van der Waals surface area contributed by atoms with Gasteiger partial charge in [0.25, 0.3) is 0 Å². The summed E-state index contributed by atoms with van der Waals surface area (Å²) in [6, 6.07) is 0. The minimum atomic E-state index is -5.39. The molecule has 0 heterocycles. The first kappa shape index (κ1) is 37.0. The Morgan fingerprint density at radius 2 is 0.667 bits per heavy atom. The van der Waals surface area contributed by atoms with Gasteiger partial charge in [0.05, 0.1) is 0 Å². The van der Waals surface area contributed by atoms with Gasteiger partial charge in [-0.2, -0.15) is 24.1 Å². The summed E-state index contributed by atoms with van der Waals surface area (Å²) in [5, 5.41) is 0. The van der Waals surface area contributed by atoms with Crippen LogP contribution in [-0.4, -0.2) is 86.7 Å². The average molecular weight is 361 g/mol. The molecule has 18 heavy (non-hydrogen) atoms. The first-order valence-corrected chi connectivity index (χ1v) is 6.48. The average Bonchev–Trinajstić information content (AvgIpc) is 1.41. The molecule has 0 rings (SSSR count). The zero-order valence-electron chi connectivity index (χ0n) is 8.40. The molecule has 96 valence electrons. The Hall–Kier alpha value is 2.39. The van der Waals surface area contributed by atoms with Gasteiger partial charge in [0.15, 0.2) is 0 Å². The Kier molecular flexibility index (Phi) is 32.4. The van der Waals surface area contributed by atoms with Gasteiger partial charge < -0.3 is 38.5 Å². The van der Waals surface area contributed by atoms with Gasteiger partial charge in [0, 0.05) is 0 Å². The van der Waals surface area contributed by atoms with Crippen molar-refractivity contribution in [3.8, 4) is 0 Å². The van der Waals surface area contributed by atoms with Crippen molar-refractivity contribution >= 4 is 95.2 Å². The molecule has 0 aromatic carbocycles. The molecule has 0 aromatic heterocycles. The molecule has 0 saturated carbocycles. The first-order valence-electron chi connectivity index (χ1n) is 2.16. The zero-order chi connectivity index (χ0) is 13.5. The fourth-order valence-corrected chi connectivity index (χ4v) is 0. The predicted octanol–water partition coefficient (Wildman–Crippen LogP) is -7.44. The molecule has 0 amide bonds. The van der Waals surface area contributed by atoms with Crippen LogP contribution in [0.3, 0.4) is 0 Å². The molecule has 0 fully saturated rings. The maximum Gasteiger partial charge on any atom is 2.00 e. The largest absolute Gasteiger partial charge is 2.00 e. The molecule has 0 aliphatic heterocycles. The number of rotatable bonds is 0. The van der Waals surface area contributed by atoms with Crippen molar-refractivity contribution in [2.75, 3.05) is 0 Å². The van der Waals surface area contributed by atoms with Gasteiger partial charge in [-0.05, 0) is 0 Å². The topological polar surface area (TPSA) is 247 Å². The summed E-state index contributed by atoms with van der Waals surface area (Å²) < 4.78 is 48.7. The van der Waals surface area contributed by atoms with E-state index >= 15 is 0 Å². The first-order chi connectivity index (χ1) is 6.00. The number of phosphoric acid groups is 2. The molecule has 0 radical (unpaired) electrons. The van der Waals surface area contributed by atoms with Gasteiger partial charge in [0.2, 0.25) is 0 Å². The zero-order valence-corrected chi connectivity index (χ0v) is 15.2. The van der Waals surface area contributed by atoms with Crippen LogP contribution in [0.15, 0.2) is 0 Å². The molecule has 18 heteroatoms. The van der Waals surface area contributed by atoms with Gasteiger partial charge >= 0.3 is 79.6 Å². The third kappa shape index (κ3) is 974. The number of hydrogen-bond donors (Lipinski definition) is 2. The van der Waals surface area contributed by atoms with E-state index in [0.29, 0.717) is 0 Å². The maximum absolute atomic E-state index is 8.74. The van der Waals surface area contributed by atoms with E-state index in [1.54, 1.807) is 0 Å². The Morgan fingerprint density at radius 1 is 0.667 bits per heavy atom. The second kappa shape index (κ2) is 15.8. The Bertz CT molecular complexity index is 290. The fraction of sp³-hybridized carbons (Fsp3) is 0. The van der Waals surface area contributed by atoms with Crippen LogP contribution in [-0.2, 0) is 19.5 Å². The summed E-state index contributed by atoms with van der Waals surface area (Å²) in [7, 11) is -15.4. The number of hydrogen-bond acceptors (Lipinski definition) is 10. The van der Waals surface area contributed by atoms with Gasteiger partial charge in [0.1, 0.15) is 0 Å². The van der Waals surface area contributed by atoms with Gasteiger partial charge in [-0.1, -0.05) is 0 Å². The molecule has 2 N–H and O–H groups in total. The van der Waals surface area contributed by atoms with Gasteiger partial charge in [-0.25, -0.2) is 0 Å². The fourth-order valence-electron chi connectivity index (χ4n) is 0. The van der Waals surface area contributed by atoms with E-state index in [-0.39, 0.29) is 69.2 Å². The molecule has 12 nitrogen and oxygen atoms in total. The van der Waals surface area contributed by atoms with E-state index in [1.807, 2.05) is 0 Å². The molecule has 0 atom stereocenters. The molecule has 0 aliphatic rings. The van der Waals surface area contributed by atoms with Crippen LogP contribution in [0.1, 0.15) is 0 Å². The van der Waals surface area contributed by atoms with Crippen molar-refractivity contribution in [3.63, 3.8) is 0 Å². The molecule has 0 aromatic rings. The Balaban J connectivity index is -0.0000000277. The molecular weight excluding hydrogens is 359 g/mol. The van der Waals surface area contributed by atoms with Crippen molar-refractivity contribution in [2.45, 2.75) is 0 Å². The molecule has 0 spiro atoms. The third-order valence-electron chi connectivity index (χ3n) is 0. The van der Waals surface area contributed by atoms with E-state index in [1.165, 1.54) is 0 Å². The summed E-state index contributed by atoms with van der Waals surface area (Å²) in [5.74, 6) is 0. The molecule has 0 unspecified atom stereocenters. The summed E-state index contributed by atoms with van der Waals surface area (Å²) in [6.07, 6.45) is 0. The van der Waals surface area contributed by atoms with Crippen molar-refractivity contribution in [2.24, 2.45) is 0 Å². The van der Waals surface area contributed by atoms with E-state index in [4.69, 9.17) is 56.0 Å². The van der Waals surface area contributed by atoms with E-state index in [0.717, 1.165) is 0 Å². The second-order valence-electron chi connectivity index (χ2n) is 1.34. The van der Waals surface area contributed by atoms with Crippen LogP contribution in [0.2, 0.25) is 0 Å². The summed E-state index contributed by atoms with van der Waals surface area (Å²) >= 11 is 0. The monoisotopic (exact) mass is 360 g/mol. The van der Waals surface area contributed by atoms with Crippen LogP contribution in [0.5, 0.6) is 0 Å². The standard InChI is InChI=1S/3Mg.2H3O4P.H2O4S/c;;;3*1-5(2,3)4/h;;;2*(H3,1,2,3,4);(H2,1,2,3,4)/q3*+2;;;/p-6. The van der Waals surface area contributed by atoms with Crippen molar-refractivity contribution in [3.05, 3.63) is 0 Å². The second-order valence-corrected chi connectivity index (χ2v) is 4.03. The summed E-state index contributed by atoms with van der Waals surface area (Å²) in [5.41, 5.74) is 0. The molecule has 0 aliphatic carbocycles. The van der Waals surface area contributed by atoms with Crippen LogP contribution in [0, 0.1) is 0 Å². The van der Waals surface area contributed by atoms with Crippen molar-refractivity contribution < 1.29 is 56.0 Å². The van der Waals surface area contributed by atoms with Crippen LogP contribution in [0.4, 0.5) is 0 Å². The smallest absolute Gasteiger partial charge is 0.822 e. The Morgan fingerprint density at radius 3 is 0.667 bits per heavy atom. The minimum absolute atomic E-state index is 0. The quantitative estimate of drug-likeness (QED) is 0.232. The van der Waals surface area contributed by atoms with Crippen molar-refractivity contribution in [1.82, 2.24) is 0 Å². The van der Waals surface area contributed by atoms with Crippen LogP contribution < -0.4 is 29.4 Å².